The Balaban J connectivity index is 2.16. The lowest BCUT2D eigenvalue weighted by Crippen LogP contribution is -2.53. The van der Waals surface area contributed by atoms with E-state index in [2.05, 4.69) is 6.92 Å². The predicted molar refractivity (Wildman–Crippen MR) is 92.2 cm³/mol. The molecule has 0 bridgehead atoms. The number of ether oxygens (including phenoxy) is 1. The summed E-state index contributed by atoms with van der Waals surface area (Å²) >= 11 is 0. The summed E-state index contributed by atoms with van der Waals surface area (Å²) in [7, 11) is 0. The second-order valence-corrected chi connectivity index (χ2v) is 6.31. The summed E-state index contributed by atoms with van der Waals surface area (Å²) in [5.41, 5.74) is -1.32. The van der Waals surface area contributed by atoms with Gasteiger partial charge in [0.25, 0.3) is 0 Å². The lowest BCUT2D eigenvalue weighted by Gasteiger charge is -2.41. The molecule has 0 saturated carbocycles. The topological polar surface area (TPSA) is 49.8 Å². The molecule has 24 heavy (non-hydrogen) atoms. The van der Waals surface area contributed by atoms with Crippen LogP contribution in [-0.2, 0) is 16.1 Å². The number of nitrogens with zero attached hydrogens (tertiary/aromatic N) is 1. The highest BCUT2D eigenvalue weighted by molar-refractivity contribution is 5.73. The predicted octanol–water partition coefficient (Wildman–Crippen LogP) is 4.00. The fraction of sp³-hybridized carbons (Fsp3) is 0.350. The molecule has 0 spiro atoms. The molecule has 1 heterocycles. The maximum absolute atomic E-state index is 12.6. The summed E-state index contributed by atoms with van der Waals surface area (Å²) in [6.07, 6.45) is 1.24. The Morgan fingerprint density at radius 1 is 1.00 bits per heavy atom. The summed E-state index contributed by atoms with van der Waals surface area (Å²) in [5, 5.41) is 11.8. The molecule has 1 aliphatic heterocycles. The summed E-state index contributed by atoms with van der Waals surface area (Å²) in [6, 6.07) is 18.7. The Labute approximate surface area is 142 Å². The number of cyclic esters (lactones) is 1. The zero-order valence-electron chi connectivity index (χ0n) is 14.1. The van der Waals surface area contributed by atoms with E-state index < -0.39 is 17.4 Å². The van der Waals surface area contributed by atoms with E-state index in [1.54, 1.807) is 6.92 Å². The zero-order valence-corrected chi connectivity index (χ0v) is 14.1. The van der Waals surface area contributed by atoms with Gasteiger partial charge in [-0.05, 0) is 13.3 Å². The molecule has 0 aromatic heterocycles. The van der Waals surface area contributed by atoms with E-state index in [0.717, 1.165) is 18.4 Å². The first-order chi connectivity index (χ1) is 11.5. The van der Waals surface area contributed by atoms with E-state index in [1.807, 2.05) is 60.7 Å². The molecule has 1 saturated heterocycles. The molecule has 1 N–H and O–H groups in total. The third kappa shape index (κ3) is 2.38. The number of aliphatic hydroxyl groups is 1. The Morgan fingerprint density at radius 3 is 2.08 bits per heavy atom. The maximum atomic E-state index is 12.6. The quantitative estimate of drug-likeness (QED) is 0.904. The van der Waals surface area contributed by atoms with Gasteiger partial charge in [-0.2, -0.15) is 0 Å². The van der Waals surface area contributed by atoms with Crippen LogP contribution in [-0.4, -0.2) is 22.6 Å². The Bertz CT molecular complexity index is 703. The lowest BCUT2D eigenvalue weighted by molar-refractivity contribution is -0.163. The van der Waals surface area contributed by atoms with Crippen molar-refractivity contribution in [2.24, 2.45) is 0 Å². The van der Waals surface area contributed by atoms with Crippen molar-refractivity contribution in [3.8, 4) is 0 Å². The van der Waals surface area contributed by atoms with Crippen molar-refractivity contribution in [1.82, 2.24) is 4.90 Å². The Kier molecular flexibility index (Phi) is 4.33. The van der Waals surface area contributed by atoms with Crippen LogP contribution >= 0.6 is 0 Å². The van der Waals surface area contributed by atoms with Crippen molar-refractivity contribution >= 4 is 6.09 Å². The van der Waals surface area contributed by atoms with E-state index in [0.29, 0.717) is 12.1 Å². The molecule has 3 rings (SSSR count). The van der Waals surface area contributed by atoms with Crippen LogP contribution in [0.15, 0.2) is 60.7 Å². The molecule has 126 valence electrons. The van der Waals surface area contributed by atoms with E-state index in [4.69, 9.17) is 4.74 Å². The van der Waals surface area contributed by atoms with Crippen LogP contribution in [0.3, 0.4) is 0 Å². The first-order valence-electron chi connectivity index (χ1n) is 8.38. The van der Waals surface area contributed by atoms with Crippen molar-refractivity contribution in [2.75, 3.05) is 6.54 Å². The minimum Gasteiger partial charge on any atom is -0.433 e. The van der Waals surface area contributed by atoms with Gasteiger partial charge in [0.15, 0.2) is 5.60 Å². The average Bonchev–Trinajstić information content (AvgIpc) is 2.82. The van der Waals surface area contributed by atoms with Crippen LogP contribution in [0, 0.1) is 0 Å². The van der Waals surface area contributed by atoms with Gasteiger partial charge < -0.3 is 9.84 Å². The number of hydrogen-bond donors (Lipinski definition) is 1. The first-order valence-corrected chi connectivity index (χ1v) is 8.38. The summed E-state index contributed by atoms with van der Waals surface area (Å²) in [4.78, 5) is 14.1. The van der Waals surface area contributed by atoms with Crippen LogP contribution in [0.25, 0.3) is 0 Å². The molecule has 0 aliphatic carbocycles. The van der Waals surface area contributed by atoms with Gasteiger partial charge in [-0.3, -0.25) is 4.90 Å². The molecule has 1 amide bonds. The Morgan fingerprint density at radius 2 is 1.54 bits per heavy atom. The zero-order chi connectivity index (χ0) is 17.2. The molecule has 2 atom stereocenters. The van der Waals surface area contributed by atoms with Gasteiger partial charge >= 0.3 is 6.09 Å². The van der Waals surface area contributed by atoms with Crippen LogP contribution in [0.2, 0.25) is 0 Å². The standard InChI is InChI=1S/C20H23NO3/c1-3-4-15-21-18(22)24-19(2,16-11-7-5-8-12-16)20(21,23)17-13-9-6-10-14-17/h5-14,23H,3-4,15H2,1-2H3/t19-,20-/m1/s1. The number of benzene rings is 2. The molecule has 2 aromatic rings. The van der Waals surface area contributed by atoms with Gasteiger partial charge in [0.2, 0.25) is 5.72 Å². The van der Waals surface area contributed by atoms with Crippen LogP contribution in [0.5, 0.6) is 0 Å². The number of carbonyl (C=O) groups excluding carboxylic acids is 1. The highest BCUT2D eigenvalue weighted by atomic mass is 16.6. The number of rotatable bonds is 5. The minimum absolute atomic E-state index is 0.448. The first kappa shape index (κ1) is 16.5. The normalized spacial score (nSPS) is 26.5. The van der Waals surface area contributed by atoms with Crippen molar-refractivity contribution in [2.45, 2.75) is 38.0 Å². The summed E-state index contributed by atoms with van der Waals surface area (Å²) in [6.45, 7) is 4.28. The van der Waals surface area contributed by atoms with E-state index >= 15 is 0 Å². The molecular weight excluding hydrogens is 302 g/mol. The fourth-order valence-electron chi connectivity index (χ4n) is 3.38. The maximum Gasteiger partial charge on any atom is 0.413 e. The molecule has 0 radical (unpaired) electrons. The summed E-state index contributed by atoms with van der Waals surface area (Å²) in [5.74, 6) is 0. The number of unbranched alkanes of at least 4 members (excludes halogenated alkanes) is 1. The molecule has 4 nitrogen and oxygen atoms in total. The Hall–Kier alpha value is -2.33. The van der Waals surface area contributed by atoms with Crippen molar-refractivity contribution < 1.29 is 14.6 Å². The van der Waals surface area contributed by atoms with Gasteiger partial charge in [0.1, 0.15) is 0 Å². The largest absolute Gasteiger partial charge is 0.433 e. The fourth-order valence-corrected chi connectivity index (χ4v) is 3.38. The molecule has 1 aliphatic rings. The molecule has 0 unspecified atom stereocenters. The smallest absolute Gasteiger partial charge is 0.413 e. The average molecular weight is 325 g/mol. The van der Waals surface area contributed by atoms with Gasteiger partial charge in [-0.15, -0.1) is 0 Å². The van der Waals surface area contributed by atoms with Gasteiger partial charge in [-0.1, -0.05) is 74.0 Å². The molecule has 1 fully saturated rings. The SMILES string of the molecule is CCCCN1C(=O)O[C@](C)(c2ccccc2)[C@]1(O)c1ccccc1. The molecule has 2 aromatic carbocycles. The third-order valence-corrected chi connectivity index (χ3v) is 4.80. The molecular formula is C20H23NO3. The van der Waals surface area contributed by atoms with Gasteiger partial charge in [-0.25, -0.2) is 4.79 Å². The number of hydrogen-bond acceptors (Lipinski definition) is 3. The number of carbonyl (C=O) groups is 1. The third-order valence-electron chi connectivity index (χ3n) is 4.80. The summed E-state index contributed by atoms with van der Waals surface area (Å²) < 4.78 is 5.75. The number of amides is 1. The highest BCUT2D eigenvalue weighted by Crippen LogP contribution is 2.51. The van der Waals surface area contributed by atoms with E-state index in [-0.39, 0.29) is 0 Å². The lowest BCUT2D eigenvalue weighted by atomic mass is 9.80. The monoisotopic (exact) mass is 325 g/mol. The van der Waals surface area contributed by atoms with Gasteiger partial charge in [0, 0.05) is 17.7 Å². The van der Waals surface area contributed by atoms with Crippen LogP contribution in [0.4, 0.5) is 4.79 Å². The minimum atomic E-state index is -1.55. The van der Waals surface area contributed by atoms with Crippen LogP contribution < -0.4 is 0 Å². The van der Waals surface area contributed by atoms with Crippen molar-refractivity contribution in [3.63, 3.8) is 0 Å². The molecule has 4 heteroatoms. The van der Waals surface area contributed by atoms with Crippen molar-refractivity contribution in [1.29, 1.82) is 0 Å². The van der Waals surface area contributed by atoms with Crippen LogP contribution in [0.1, 0.15) is 37.8 Å². The highest BCUT2D eigenvalue weighted by Gasteiger charge is 2.63. The van der Waals surface area contributed by atoms with E-state index in [9.17, 15) is 9.90 Å². The van der Waals surface area contributed by atoms with Crippen molar-refractivity contribution in [3.05, 3.63) is 71.8 Å². The second-order valence-electron chi connectivity index (χ2n) is 6.31. The van der Waals surface area contributed by atoms with E-state index in [1.165, 1.54) is 4.90 Å². The van der Waals surface area contributed by atoms with Gasteiger partial charge in [0.05, 0.1) is 0 Å². The second kappa shape index (κ2) is 6.29.